The summed E-state index contributed by atoms with van der Waals surface area (Å²) in [6.45, 7) is 4.81. The summed E-state index contributed by atoms with van der Waals surface area (Å²) in [6, 6.07) is 0. The predicted molar refractivity (Wildman–Crippen MR) is 61.6 cm³/mol. The Bertz CT molecular complexity index is 152. The maximum atomic E-state index is 11.2. The smallest absolute Gasteiger partial charge is 0.222 e. The number of hydrogen-bond donors (Lipinski definition) is 2. The molecule has 0 saturated heterocycles. The van der Waals surface area contributed by atoms with Gasteiger partial charge in [-0.05, 0) is 25.8 Å². The Hall–Kier alpha value is -0.610. The summed E-state index contributed by atoms with van der Waals surface area (Å²) in [6.07, 6.45) is 4.61. The second-order valence-corrected chi connectivity index (χ2v) is 3.56. The van der Waals surface area contributed by atoms with Gasteiger partial charge in [0.2, 0.25) is 5.91 Å². The zero-order chi connectivity index (χ0) is 11.4. The highest BCUT2D eigenvalue weighted by atomic mass is 16.5. The largest absolute Gasteiger partial charge is 0.381 e. The number of carbonyl (C=O) groups excluding carboxylic acids is 1. The summed E-state index contributed by atoms with van der Waals surface area (Å²) < 4.78 is 5.22. The lowest BCUT2D eigenvalue weighted by atomic mass is 10.2. The van der Waals surface area contributed by atoms with Gasteiger partial charge in [-0.2, -0.15) is 0 Å². The number of nitrogens with one attached hydrogen (secondary N) is 1. The van der Waals surface area contributed by atoms with Crippen LogP contribution in [-0.4, -0.2) is 32.2 Å². The summed E-state index contributed by atoms with van der Waals surface area (Å²) in [5.74, 6) is 0.0823. The number of amides is 1. The summed E-state index contributed by atoms with van der Waals surface area (Å²) in [7, 11) is 0. The van der Waals surface area contributed by atoms with E-state index in [1.54, 1.807) is 0 Å². The van der Waals surface area contributed by atoms with Crippen molar-refractivity contribution in [3.63, 3.8) is 0 Å². The minimum atomic E-state index is 0.0823. The molecule has 0 aliphatic carbocycles. The fourth-order valence-corrected chi connectivity index (χ4v) is 1.17. The normalized spacial score (nSPS) is 10.3. The number of ether oxygens (including phenoxy) is 1. The van der Waals surface area contributed by atoms with Crippen molar-refractivity contribution in [1.82, 2.24) is 5.32 Å². The monoisotopic (exact) mass is 216 g/mol. The number of nitrogens with two attached hydrogens (primary N) is 1. The van der Waals surface area contributed by atoms with Crippen LogP contribution in [0.2, 0.25) is 0 Å². The van der Waals surface area contributed by atoms with E-state index < -0.39 is 0 Å². The molecule has 0 aliphatic heterocycles. The molecule has 0 spiro atoms. The molecule has 0 aliphatic rings. The van der Waals surface area contributed by atoms with Gasteiger partial charge in [-0.25, -0.2) is 0 Å². The van der Waals surface area contributed by atoms with E-state index in [2.05, 4.69) is 12.2 Å². The molecule has 15 heavy (non-hydrogen) atoms. The average Bonchev–Trinajstić information content (AvgIpc) is 2.24. The van der Waals surface area contributed by atoms with E-state index in [0.717, 1.165) is 45.4 Å². The molecule has 0 unspecified atom stereocenters. The van der Waals surface area contributed by atoms with Crippen LogP contribution in [0.3, 0.4) is 0 Å². The first kappa shape index (κ1) is 14.4. The second kappa shape index (κ2) is 11.5. The van der Waals surface area contributed by atoms with Crippen molar-refractivity contribution >= 4 is 5.91 Å². The quantitative estimate of drug-likeness (QED) is 0.536. The van der Waals surface area contributed by atoms with Crippen molar-refractivity contribution in [2.24, 2.45) is 5.73 Å². The molecule has 4 heteroatoms. The molecule has 4 nitrogen and oxygen atoms in total. The van der Waals surface area contributed by atoms with Crippen molar-refractivity contribution in [2.45, 2.75) is 39.0 Å². The highest BCUT2D eigenvalue weighted by Crippen LogP contribution is 1.92. The molecule has 1 amide bonds. The van der Waals surface area contributed by atoms with Gasteiger partial charge in [0.1, 0.15) is 0 Å². The van der Waals surface area contributed by atoms with E-state index in [1.807, 2.05) is 0 Å². The van der Waals surface area contributed by atoms with Crippen LogP contribution in [-0.2, 0) is 9.53 Å². The van der Waals surface area contributed by atoms with E-state index in [4.69, 9.17) is 10.5 Å². The van der Waals surface area contributed by atoms with Crippen molar-refractivity contribution in [3.8, 4) is 0 Å². The lowest BCUT2D eigenvalue weighted by Gasteiger charge is -2.05. The Labute approximate surface area is 92.6 Å². The maximum absolute atomic E-state index is 11.2. The second-order valence-electron chi connectivity index (χ2n) is 3.56. The molecule has 0 fully saturated rings. The molecule has 0 rings (SSSR count). The van der Waals surface area contributed by atoms with Crippen LogP contribution in [0.4, 0.5) is 0 Å². The van der Waals surface area contributed by atoms with Gasteiger partial charge in [0, 0.05) is 19.6 Å². The average molecular weight is 216 g/mol. The van der Waals surface area contributed by atoms with E-state index in [9.17, 15) is 4.79 Å². The fraction of sp³-hybridized carbons (Fsp3) is 0.909. The van der Waals surface area contributed by atoms with Gasteiger partial charge in [0.25, 0.3) is 0 Å². The molecule has 0 radical (unpaired) electrons. The van der Waals surface area contributed by atoms with Crippen LogP contribution in [0.5, 0.6) is 0 Å². The SMILES string of the molecule is CCCOCCC(=O)NCCCCCN. The molecule has 0 bridgehead atoms. The molecule has 0 atom stereocenters. The lowest BCUT2D eigenvalue weighted by molar-refractivity contribution is -0.122. The zero-order valence-electron chi connectivity index (χ0n) is 9.76. The third kappa shape index (κ3) is 11.3. The predicted octanol–water partition coefficient (Wildman–Crippen LogP) is 1.05. The lowest BCUT2D eigenvalue weighted by Crippen LogP contribution is -2.25. The van der Waals surface area contributed by atoms with Gasteiger partial charge in [-0.15, -0.1) is 0 Å². The first-order valence-corrected chi connectivity index (χ1v) is 5.85. The minimum absolute atomic E-state index is 0.0823. The summed E-state index contributed by atoms with van der Waals surface area (Å²) in [4.78, 5) is 11.2. The summed E-state index contributed by atoms with van der Waals surface area (Å²) in [5, 5.41) is 2.86. The molecule has 3 N–H and O–H groups in total. The van der Waals surface area contributed by atoms with Crippen LogP contribution < -0.4 is 11.1 Å². The van der Waals surface area contributed by atoms with Crippen LogP contribution >= 0.6 is 0 Å². The van der Waals surface area contributed by atoms with E-state index in [1.165, 1.54) is 0 Å². The highest BCUT2D eigenvalue weighted by molar-refractivity contribution is 5.75. The minimum Gasteiger partial charge on any atom is -0.381 e. The fourth-order valence-electron chi connectivity index (χ4n) is 1.17. The molecule has 0 heterocycles. The van der Waals surface area contributed by atoms with Gasteiger partial charge in [0.15, 0.2) is 0 Å². The Kier molecular flexibility index (Phi) is 11.0. The number of rotatable bonds is 10. The van der Waals surface area contributed by atoms with Crippen LogP contribution in [0.25, 0.3) is 0 Å². The number of hydrogen-bond acceptors (Lipinski definition) is 3. The van der Waals surface area contributed by atoms with E-state index in [0.29, 0.717) is 13.0 Å². The first-order chi connectivity index (χ1) is 7.31. The third-order valence-electron chi connectivity index (χ3n) is 2.02. The van der Waals surface area contributed by atoms with Crippen LogP contribution in [0.15, 0.2) is 0 Å². The van der Waals surface area contributed by atoms with Gasteiger partial charge in [-0.1, -0.05) is 13.3 Å². The molecule has 0 aromatic rings. The number of unbranched alkanes of at least 4 members (excludes halogenated alkanes) is 2. The Morgan fingerprint density at radius 3 is 2.73 bits per heavy atom. The van der Waals surface area contributed by atoms with Gasteiger partial charge in [0.05, 0.1) is 6.61 Å². The van der Waals surface area contributed by atoms with Crippen molar-refractivity contribution < 1.29 is 9.53 Å². The van der Waals surface area contributed by atoms with Gasteiger partial charge < -0.3 is 15.8 Å². The Morgan fingerprint density at radius 1 is 1.27 bits per heavy atom. The summed E-state index contributed by atoms with van der Waals surface area (Å²) in [5.41, 5.74) is 5.36. The van der Waals surface area contributed by atoms with Gasteiger partial charge in [-0.3, -0.25) is 4.79 Å². The zero-order valence-corrected chi connectivity index (χ0v) is 9.76. The molecule has 0 aromatic carbocycles. The topological polar surface area (TPSA) is 64.3 Å². The molecule has 90 valence electrons. The highest BCUT2D eigenvalue weighted by Gasteiger charge is 1.99. The van der Waals surface area contributed by atoms with Crippen molar-refractivity contribution in [3.05, 3.63) is 0 Å². The molecule has 0 saturated carbocycles. The maximum Gasteiger partial charge on any atom is 0.222 e. The number of carbonyl (C=O) groups is 1. The van der Waals surface area contributed by atoms with Crippen LogP contribution in [0, 0.1) is 0 Å². The van der Waals surface area contributed by atoms with Crippen molar-refractivity contribution in [2.75, 3.05) is 26.3 Å². The van der Waals surface area contributed by atoms with E-state index in [-0.39, 0.29) is 5.91 Å². The molecular weight excluding hydrogens is 192 g/mol. The van der Waals surface area contributed by atoms with Crippen LogP contribution in [0.1, 0.15) is 39.0 Å². The van der Waals surface area contributed by atoms with Crippen molar-refractivity contribution in [1.29, 1.82) is 0 Å². The Balaban J connectivity index is 3.11. The molecule has 0 aromatic heterocycles. The first-order valence-electron chi connectivity index (χ1n) is 5.85. The molecular formula is C11H24N2O2. The summed E-state index contributed by atoms with van der Waals surface area (Å²) >= 11 is 0. The Morgan fingerprint density at radius 2 is 2.07 bits per heavy atom. The van der Waals surface area contributed by atoms with Gasteiger partial charge >= 0.3 is 0 Å². The third-order valence-corrected chi connectivity index (χ3v) is 2.02. The standard InChI is InChI=1S/C11H24N2O2/c1-2-9-15-10-6-11(14)13-8-5-3-4-7-12/h2-10,12H2,1H3,(H,13,14). The van der Waals surface area contributed by atoms with E-state index >= 15 is 0 Å².